The molecular formula is C16H26N4. The number of hydrogen-bond donors (Lipinski definition) is 1. The van der Waals surface area contributed by atoms with Crippen LogP contribution >= 0.6 is 0 Å². The van der Waals surface area contributed by atoms with Gasteiger partial charge in [-0.1, -0.05) is 40.5 Å². The van der Waals surface area contributed by atoms with E-state index in [1.54, 1.807) is 0 Å². The normalized spacial score (nSPS) is 12.2. The van der Waals surface area contributed by atoms with Crippen LogP contribution in [0.5, 0.6) is 0 Å². The standard InChI is InChI=1S/C16H26N4/c1-6-12(7-2)11(5)18-16-14(10-17)13(8-3)15(9-4)19-20-16/h11-12H,6-9H2,1-5H3,(H,18,20). The Labute approximate surface area is 122 Å². The predicted octanol–water partition coefficient (Wildman–Crippen LogP) is 3.71. The van der Waals surface area contributed by atoms with E-state index >= 15 is 0 Å². The Kier molecular flexibility index (Phi) is 6.44. The van der Waals surface area contributed by atoms with Crippen LogP contribution in [-0.4, -0.2) is 16.2 Å². The highest BCUT2D eigenvalue weighted by molar-refractivity contribution is 5.56. The minimum atomic E-state index is 0.295. The second-order valence-electron chi connectivity index (χ2n) is 5.18. The number of aromatic nitrogens is 2. The van der Waals surface area contributed by atoms with Gasteiger partial charge in [0.05, 0.1) is 5.69 Å². The van der Waals surface area contributed by atoms with Crippen molar-refractivity contribution in [2.24, 2.45) is 5.92 Å². The molecule has 20 heavy (non-hydrogen) atoms. The van der Waals surface area contributed by atoms with Gasteiger partial charge >= 0.3 is 0 Å². The van der Waals surface area contributed by atoms with Crippen LogP contribution in [0.4, 0.5) is 5.82 Å². The zero-order valence-corrected chi connectivity index (χ0v) is 13.3. The second-order valence-corrected chi connectivity index (χ2v) is 5.18. The smallest absolute Gasteiger partial charge is 0.167 e. The van der Waals surface area contributed by atoms with Gasteiger partial charge in [-0.25, -0.2) is 0 Å². The van der Waals surface area contributed by atoms with E-state index in [1.807, 2.05) is 6.92 Å². The number of nitrogens with one attached hydrogen (secondary N) is 1. The maximum Gasteiger partial charge on any atom is 0.167 e. The molecule has 1 unspecified atom stereocenters. The fourth-order valence-corrected chi connectivity index (χ4v) is 2.72. The van der Waals surface area contributed by atoms with Crippen LogP contribution < -0.4 is 5.32 Å². The Morgan fingerprint density at radius 2 is 1.75 bits per heavy atom. The van der Waals surface area contributed by atoms with E-state index in [4.69, 9.17) is 0 Å². The van der Waals surface area contributed by atoms with Gasteiger partial charge in [0.1, 0.15) is 11.6 Å². The highest BCUT2D eigenvalue weighted by atomic mass is 15.2. The lowest BCUT2D eigenvalue weighted by Crippen LogP contribution is -2.26. The maximum atomic E-state index is 9.46. The van der Waals surface area contributed by atoms with Crippen LogP contribution in [0.15, 0.2) is 0 Å². The van der Waals surface area contributed by atoms with Crippen molar-refractivity contribution in [2.75, 3.05) is 5.32 Å². The van der Waals surface area contributed by atoms with Gasteiger partial charge < -0.3 is 5.32 Å². The van der Waals surface area contributed by atoms with Crippen molar-refractivity contribution in [3.63, 3.8) is 0 Å². The van der Waals surface area contributed by atoms with Gasteiger partial charge in [-0.15, -0.1) is 5.10 Å². The Morgan fingerprint density at radius 1 is 1.10 bits per heavy atom. The lowest BCUT2D eigenvalue weighted by atomic mass is 9.95. The third-order valence-electron chi connectivity index (χ3n) is 4.08. The second kappa shape index (κ2) is 7.84. The summed E-state index contributed by atoms with van der Waals surface area (Å²) in [4.78, 5) is 0. The average molecular weight is 274 g/mol. The quantitative estimate of drug-likeness (QED) is 0.823. The summed E-state index contributed by atoms with van der Waals surface area (Å²) in [6, 6.07) is 2.60. The molecule has 0 bridgehead atoms. The fraction of sp³-hybridized carbons (Fsp3) is 0.688. The first kappa shape index (κ1) is 16.4. The van der Waals surface area contributed by atoms with E-state index < -0.39 is 0 Å². The summed E-state index contributed by atoms with van der Waals surface area (Å²) < 4.78 is 0. The number of nitrogens with zero attached hydrogens (tertiary/aromatic N) is 3. The molecule has 1 aromatic heterocycles. The van der Waals surface area contributed by atoms with Crippen molar-refractivity contribution in [3.05, 3.63) is 16.8 Å². The third-order valence-corrected chi connectivity index (χ3v) is 4.08. The van der Waals surface area contributed by atoms with Gasteiger partial charge in [-0.3, -0.25) is 0 Å². The monoisotopic (exact) mass is 274 g/mol. The summed E-state index contributed by atoms with van der Waals surface area (Å²) in [6.07, 6.45) is 3.87. The van der Waals surface area contributed by atoms with Crippen molar-refractivity contribution in [2.45, 2.75) is 66.3 Å². The van der Waals surface area contributed by atoms with Crippen molar-refractivity contribution in [1.82, 2.24) is 10.2 Å². The molecule has 4 heteroatoms. The van der Waals surface area contributed by atoms with Crippen LogP contribution in [0.2, 0.25) is 0 Å². The Morgan fingerprint density at radius 3 is 2.20 bits per heavy atom. The molecule has 0 saturated heterocycles. The Bertz CT molecular complexity index is 472. The van der Waals surface area contributed by atoms with Crippen LogP contribution in [0, 0.1) is 17.2 Å². The van der Waals surface area contributed by atoms with Crippen LogP contribution in [0.1, 0.15) is 64.3 Å². The summed E-state index contributed by atoms with van der Waals surface area (Å²) in [5.74, 6) is 1.22. The molecule has 1 heterocycles. The highest BCUT2D eigenvalue weighted by Gasteiger charge is 2.19. The van der Waals surface area contributed by atoms with Gasteiger partial charge in [0.15, 0.2) is 5.82 Å². The van der Waals surface area contributed by atoms with Gasteiger partial charge in [0.25, 0.3) is 0 Å². The SMILES string of the molecule is CCc1nnc(NC(C)C(CC)CC)c(C#N)c1CC. The van der Waals surface area contributed by atoms with Gasteiger partial charge in [-0.2, -0.15) is 10.4 Å². The number of aryl methyl sites for hydroxylation is 1. The van der Waals surface area contributed by atoms with Gasteiger partial charge in [0, 0.05) is 6.04 Å². The number of hydrogen-bond acceptors (Lipinski definition) is 4. The predicted molar refractivity (Wildman–Crippen MR) is 82.7 cm³/mol. The van der Waals surface area contributed by atoms with Crippen molar-refractivity contribution >= 4 is 5.82 Å². The lowest BCUT2D eigenvalue weighted by molar-refractivity contribution is 0.436. The molecular weight excluding hydrogens is 248 g/mol. The van der Waals surface area contributed by atoms with E-state index in [-0.39, 0.29) is 0 Å². The summed E-state index contributed by atoms with van der Waals surface area (Å²) >= 11 is 0. The van der Waals surface area contributed by atoms with E-state index in [0.717, 1.165) is 36.9 Å². The van der Waals surface area contributed by atoms with Crippen molar-refractivity contribution in [1.29, 1.82) is 5.26 Å². The first-order chi connectivity index (χ1) is 9.62. The Hall–Kier alpha value is -1.63. The zero-order valence-electron chi connectivity index (χ0n) is 13.3. The molecule has 0 fully saturated rings. The molecule has 0 aliphatic rings. The first-order valence-corrected chi connectivity index (χ1v) is 7.67. The molecule has 1 atom stereocenters. The third kappa shape index (κ3) is 3.47. The van der Waals surface area contributed by atoms with Gasteiger partial charge in [0.2, 0.25) is 0 Å². The first-order valence-electron chi connectivity index (χ1n) is 7.67. The zero-order chi connectivity index (χ0) is 15.1. The number of nitriles is 1. The molecule has 0 aliphatic heterocycles. The minimum Gasteiger partial charge on any atom is -0.365 e. The molecule has 110 valence electrons. The van der Waals surface area contributed by atoms with E-state index in [1.165, 1.54) is 0 Å². The maximum absolute atomic E-state index is 9.46. The lowest BCUT2D eigenvalue weighted by Gasteiger charge is -2.23. The highest BCUT2D eigenvalue weighted by Crippen LogP contribution is 2.23. The molecule has 1 N–H and O–H groups in total. The molecule has 0 amide bonds. The van der Waals surface area contributed by atoms with E-state index in [0.29, 0.717) is 23.3 Å². The summed E-state index contributed by atoms with van der Waals surface area (Å²) in [5, 5.41) is 21.4. The topological polar surface area (TPSA) is 61.6 Å². The summed E-state index contributed by atoms with van der Waals surface area (Å²) in [5.41, 5.74) is 2.63. The molecule has 0 aromatic carbocycles. The van der Waals surface area contributed by atoms with Crippen molar-refractivity contribution in [3.8, 4) is 6.07 Å². The summed E-state index contributed by atoms with van der Waals surface area (Å²) in [6.45, 7) is 10.6. The van der Waals surface area contributed by atoms with Crippen LogP contribution in [0.25, 0.3) is 0 Å². The van der Waals surface area contributed by atoms with E-state index in [2.05, 4.69) is 49.3 Å². The Balaban J connectivity index is 3.10. The van der Waals surface area contributed by atoms with E-state index in [9.17, 15) is 5.26 Å². The largest absolute Gasteiger partial charge is 0.365 e. The van der Waals surface area contributed by atoms with Crippen LogP contribution in [-0.2, 0) is 12.8 Å². The number of rotatable bonds is 7. The molecule has 1 rings (SSSR count). The van der Waals surface area contributed by atoms with Gasteiger partial charge in [-0.05, 0) is 31.2 Å². The average Bonchev–Trinajstić information content (AvgIpc) is 2.47. The summed E-state index contributed by atoms with van der Waals surface area (Å²) in [7, 11) is 0. The molecule has 0 radical (unpaired) electrons. The molecule has 4 nitrogen and oxygen atoms in total. The fourth-order valence-electron chi connectivity index (χ4n) is 2.72. The molecule has 0 spiro atoms. The number of anilines is 1. The van der Waals surface area contributed by atoms with Crippen LogP contribution in [0.3, 0.4) is 0 Å². The van der Waals surface area contributed by atoms with Crippen molar-refractivity contribution < 1.29 is 0 Å². The minimum absolute atomic E-state index is 0.295. The molecule has 0 aliphatic carbocycles. The molecule has 1 aromatic rings. The molecule has 0 saturated carbocycles.